The van der Waals surface area contributed by atoms with Crippen LogP contribution in [0.1, 0.15) is 6.92 Å². The molecular weight excluding hydrogens is 338 g/mol. The summed E-state index contributed by atoms with van der Waals surface area (Å²) in [5.41, 5.74) is 10.2. The minimum absolute atomic E-state index is 0. The van der Waals surface area contributed by atoms with Gasteiger partial charge in [0.15, 0.2) is 0 Å². The van der Waals surface area contributed by atoms with Gasteiger partial charge >= 0.3 is 19.5 Å². The maximum atomic E-state index is 11.4. The van der Waals surface area contributed by atoms with Crippen LogP contribution < -0.4 is 21.7 Å². The van der Waals surface area contributed by atoms with E-state index in [4.69, 9.17) is 11.5 Å². The van der Waals surface area contributed by atoms with Crippen LogP contribution in [0.2, 0.25) is 0 Å². The van der Waals surface area contributed by atoms with Gasteiger partial charge in [-0.1, -0.05) is 59.7 Å². The van der Waals surface area contributed by atoms with Gasteiger partial charge in [0, 0.05) is 22.4 Å². The Labute approximate surface area is 142 Å². The predicted molar refractivity (Wildman–Crippen MR) is 78.6 cm³/mol. The maximum absolute atomic E-state index is 11.4. The Morgan fingerprint density at radius 3 is 1.57 bits per heavy atom. The summed E-state index contributed by atoms with van der Waals surface area (Å²) in [5, 5.41) is 22.8. The molecule has 0 bridgehead atoms. The van der Waals surface area contributed by atoms with Crippen LogP contribution in [0.15, 0.2) is 58.3 Å². The van der Waals surface area contributed by atoms with Gasteiger partial charge in [0.1, 0.15) is 0 Å². The van der Waals surface area contributed by atoms with Gasteiger partial charge in [-0.2, -0.15) is 0 Å². The third kappa shape index (κ3) is 7.48. The van der Waals surface area contributed by atoms with Gasteiger partial charge in [-0.15, -0.1) is 0 Å². The minimum Gasteiger partial charge on any atom is -0.872 e. The van der Waals surface area contributed by atoms with Gasteiger partial charge in [0.05, 0.1) is 0 Å². The van der Waals surface area contributed by atoms with Crippen molar-refractivity contribution in [1.82, 2.24) is 0 Å². The number of hydrogen-bond donors (Lipinski definition) is 2. The molecule has 2 aromatic rings. The first-order valence-electron chi connectivity index (χ1n) is 6.20. The molecule has 0 spiro atoms. The minimum atomic E-state index is -0.0502. The average Bonchev–Trinajstić information content (AvgIpc) is 2.44. The zero-order valence-corrected chi connectivity index (χ0v) is 15.8. The van der Waals surface area contributed by atoms with Crippen molar-refractivity contribution in [3.63, 3.8) is 0 Å². The number of rotatable bonds is 3. The van der Waals surface area contributed by atoms with Crippen molar-refractivity contribution < 1.29 is 29.7 Å². The molecule has 1 unspecified atom stereocenters. The summed E-state index contributed by atoms with van der Waals surface area (Å²) in [6.07, 6.45) is 0. The second-order valence-corrected chi connectivity index (χ2v) is 5.29. The van der Waals surface area contributed by atoms with Crippen molar-refractivity contribution in [2.75, 3.05) is 6.54 Å². The molecule has 108 valence electrons. The number of hydrogen-bond acceptors (Lipinski definition) is 5. The van der Waals surface area contributed by atoms with Crippen molar-refractivity contribution in [2.45, 2.75) is 22.8 Å². The van der Waals surface area contributed by atoms with E-state index in [1.165, 1.54) is 23.9 Å². The summed E-state index contributed by atoms with van der Waals surface area (Å²) in [4.78, 5) is 1.17. The van der Waals surface area contributed by atoms with Gasteiger partial charge in [0.25, 0.3) is 0 Å². The van der Waals surface area contributed by atoms with E-state index >= 15 is 0 Å². The van der Waals surface area contributed by atoms with E-state index in [2.05, 4.69) is 0 Å². The van der Waals surface area contributed by atoms with Crippen LogP contribution in [0.5, 0.6) is 11.5 Å². The summed E-state index contributed by atoms with van der Waals surface area (Å²) in [6, 6.07) is 13.6. The van der Waals surface area contributed by atoms with Crippen LogP contribution >= 0.6 is 11.8 Å². The molecule has 0 aliphatic heterocycles. The Kier molecular flexibility index (Phi) is 10.1. The average molecular weight is 356 g/mol. The van der Waals surface area contributed by atoms with E-state index in [1.807, 2.05) is 6.92 Å². The molecule has 0 fully saturated rings. The smallest absolute Gasteiger partial charge is 0.872 e. The fourth-order valence-electron chi connectivity index (χ4n) is 1.19. The van der Waals surface area contributed by atoms with E-state index in [9.17, 15) is 10.2 Å². The fraction of sp³-hybridized carbons (Fsp3) is 0.200. The Bertz CT molecular complexity index is 495. The summed E-state index contributed by atoms with van der Waals surface area (Å²) in [5.74, 6) is -0.100. The molecular formula is C15H18N2O2SZn. The molecule has 0 radical (unpaired) electrons. The first-order chi connectivity index (χ1) is 9.54. The summed E-state index contributed by atoms with van der Waals surface area (Å²) in [7, 11) is 0. The number of benzene rings is 2. The summed E-state index contributed by atoms with van der Waals surface area (Å²) in [6.45, 7) is 2.46. The molecule has 1 atom stereocenters. The summed E-state index contributed by atoms with van der Waals surface area (Å²) >= 11 is 1.22. The van der Waals surface area contributed by atoms with Crippen LogP contribution in [0.4, 0.5) is 0 Å². The van der Waals surface area contributed by atoms with Crippen molar-refractivity contribution in [2.24, 2.45) is 11.5 Å². The van der Waals surface area contributed by atoms with E-state index in [1.54, 1.807) is 36.4 Å². The third-order valence-corrected chi connectivity index (χ3v) is 3.40. The largest absolute Gasteiger partial charge is 2.00 e. The predicted octanol–water partition coefficient (Wildman–Crippen LogP) is 1.27. The molecule has 2 aromatic carbocycles. The monoisotopic (exact) mass is 354 g/mol. The van der Waals surface area contributed by atoms with Crippen molar-refractivity contribution in [3.8, 4) is 11.5 Å². The molecule has 0 saturated heterocycles. The van der Waals surface area contributed by atoms with Crippen molar-refractivity contribution in [3.05, 3.63) is 48.5 Å². The molecule has 21 heavy (non-hydrogen) atoms. The number of para-hydroxylation sites is 2. The van der Waals surface area contributed by atoms with Crippen LogP contribution in [0.3, 0.4) is 0 Å². The third-order valence-electron chi connectivity index (χ3n) is 2.29. The van der Waals surface area contributed by atoms with E-state index in [0.29, 0.717) is 16.3 Å². The molecule has 2 rings (SSSR count). The topological polar surface area (TPSA) is 98.2 Å². The molecule has 0 saturated carbocycles. The van der Waals surface area contributed by atoms with Crippen LogP contribution in [-0.4, -0.2) is 12.6 Å². The Morgan fingerprint density at radius 2 is 1.29 bits per heavy atom. The molecule has 0 aliphatic rings. The molecule has 0 aromatic heterocycles. The van der Waals surface area contributed by atoms with Gasteiger partial charge in [0.2, 0.25) is 0 Å². The normalized spacial score (nSPS) is 10.8. The van der Waals surface area contributed by atoms with Crippen LogP contribution in [0.25, 0.3) is 0 Å². The Hall–Kier alpha value is -1.07. The Balaban J connectivity index is 0.000000583. The standard InChI is InChI=1S/C12H10O2S.C3H10N2.Zn/c13-9-5-1-3-7-11(9)15-12-8-4-2-6-10(12)14;1-3(5)2-4;/h1-8,13-14H;3H,2,4-5H2,1H3;/q;;+2/p-2. The number of nitrogens with two attached hydrogens (primary N) is 2. The second kappa shape index (κ2) is 10.6. The van der Waals surface area contributed by atoms with Crippen LogP contribution in [-0.2, 0) is 19.5 Å². The van der Waals surface area contributed by atoms with E-state index < -0.39 is 0 Å². The molecule has 0 heterocycles. The van der Waals surface area contributed by atoms with E-state index in [0.717, 1.165) is 0 Å². The zero-order chi connectivity index (χ0) is 15.0. The summed E-state index contributed by atoms with van der Waals surface area (Å²) < 4.78 is 0. The molecule has 4 nitrogen and oxygen atoms in total. The van der Waals surface area contributed by atoms with Gasteiger partial charge in [-0.05, 0) is 19.1 Å². The molecule has 6 heteroatoms. The first-order valence-corrected chi connectivity index (χ1v) is 7.01. The molecule has 0 amide bonds. The Morgan fingerprint density at radius 1 is 0.952 bits per heavy atom. The quantitative estimate of drug-likeness (QED) is 0.808. The molecule has 0 aliphatic carbocycles. The zero-order valence-electron chi connectivity index (χ0n) is 12.0. The van der Waals surface area contributed by atoms with Crippen LogP contribution in [0, 0.1) is 0 Å². The first kappa shape index (κ1) is 19.9. The van der Waals surface area contributed by atoms with Gasteiger partial charge < -0.3 is 21.7 Å². The van der Waals surface area contributed by atoms with Crippen molar-refractivity contribution in [1.29, 1.82) is 0 Å². The van der Waals surface area contributed by atoms with Crippen molar-refractivity contribution >= 4 is 11.8 Å². The van der Waals surface area contributed by atoms with Gasteiger partial charge in [-0.3, -0.25) is 0 Å². The van der Waals surface area contributed by atoms with E-state index in [-0.39, 0.29) is 37.0 Å². The fourth-order valence-corrected chi connectivity index (χ4v) is 2.05. The second-order valence-electron chi connectivity index (χ2n) is 4.21. The SMILES string of the molecule is CC(N)CN.[O-]c1ccccc1Sc1ccccc1[O-].[Zn+2]. The molecule has 4 N–H and O–H groups in total. The maximum Gasteiger partial charge on any atom is 2.00 e. The van der Waals surface area contributed by atoms with Gasteiger partial charge in [-0.25, -0.2) is 0 Å².